The molecule has 21 heavy (non-hydrogen) atoms. The minimum atomic E-state index is -3.29. The molecule has 6 nitrogen and oxygen atoms in total. The zero-order valence-electron chi connectivity index (χ0n) is 14.0. The average molecular weight is 321 g/mol. The summed E-state index contributed by atoms with van der Waals surface area (Å²) in [6.45, 7) is 12.7. The highest BCUT2D eigenvalue weighted by molar-refractivity contribution is 7.86. The Morgan fingerprint density at radius 2 is 1.81 bits per heavy atom. The summed E-state index contributed by atoms with van der Waals surface area (Å²) in [5.74, 6) is 0.627. The molecule has 126 valence electrons. The van der Waals surface area contributed by atoms with E-state index in [1.165, 1.54) is 4.31 Å². The SMILES string of the molecule is CCNCCCN(C)S(=O)(=O)N1CCN(CC(C)C)CC1. The van der Waals surface area contributed by atoms with Crippen molar-refractivity contribution in [3.63, 3.8) is 0 Å². The van der Waals surface area contributed by atoms with Gasteiger partial charge in [-0.1, -0.05) is 20.8 Å². The second-order valence-corrected chi connectivity index (χ2v) is 8.17. The van der Waals surface area contributed by atoms with Crippen molar-refractivity contribution in [3.8, 4) is 0 Å². The van der Waals surface area contributed by atoms with Crippen LogP contribution in [0.5, 0.6) is 0 Å². The minimum Gasteiger partial charge on any atom is -0.317 e. The summed E-state index contributed by atoms with van der Waals surface area (Å²) >= 11 is 0. The molecule has 0 unspecified atom stereocenters. The Kier molecular flexibility index (Phi) is 8.12. The predicted octanol–water partition coefficient (Wildman–Crippen LogP) is 0.436. The van der Waals surface area contributed by atoms with Gasteiger partial charge in [-0.3, -0.25) is 0 Å². The lowest BCUT2D eigenvalue weighted by Gasteiger charge is -2.36. The summed E-state index contributed by atoms with van der Waals surface area (Å²) in [4.78, 5) is 2.35. The molecule has 0 aromatic heterocycles. The van der Waals surface area contributed by atoms with Crippen molar-refractivity contribution >= 4 is 10.2 Å². The first-order chi connectivity index (χ1) is 9.87. The van der Waals surface area contributed by atoms with Crippen LogP contribution in [0.3, 0.4) is 0 Å². The van der Waals surface area contributed by atoms with Gasteiger partial charge < -0.3 is 10.2 Å². The van der Waals surface area contributed by atoms with Crippen molar-refractivity contribution in [2.24, 2.45) is 5.92 Å². The highest BCUT2D eigenvalue weighted by Crippen LogP contribution is 2.12. The third kappa shape index (κ3) is 6.20. The van der Waals surface area contributed by atoms with Gasteiger partial charge in [0.15, 0.2) is 0 Å². The van der Waals surface area contributed by atoms with E-state index in [-0.39, 0.29) is 0 Å². The molecule has 1 rings (SSSR count). The van der Waals surface area contributed by atoms with Crippen LogP contribution in [0, 0.1) is 5.92 Å². The van der Waals surface area contributed by atoms with E-state index in [1.807, 2.05) is 0 Å². The Hall–Kier alpha value is -0.210. The molecular formula is C14H32N4O2S. The van der Waals surface area contributed by atoms with Gasteiger partial charge in [0.2, 0.25) is 0 Å². The topological polar surface area (TPSA) is 55.9 Å². The van der Waals surface area contributed by atoms with Gasteiger partial charge in [-0.2, -0.15) is 17.0 Å². The van der Waals surface area contributed by atoms with Gasteiger partial charge in [-0.25, -0.2) is 0 Å². The molecule has 0 bridgehead atoms. The maximum absolute atomic E-state index is 12.5. The number of nitrogens with one attached hydrogen (secondary N) is 1. The van der Waals surface area contributed by atoms with Crippen LogP contribution < -0.4 is 5.32 Å². The number of nitrogens with zero attached hydrogens (tertiary/aromatic N) is 3. The van der Waals surface area contributed by atoms with Crippen LogP contribution in [-0.2, 0) is 10.2 Å². The zero-order valence-corrected chi connectivity index (χ0v) is 14.8. The van der Waals surface area contributed by atoms with E-state index in [9.17, 15) is 8.42 Å². The molecule has 0 saturated carbocycles. The fourth-order valence-electron chi connectivity index (χ4n) is 2.58. The molecule has 7 heteroatoms. The van der Waals surface area contributed by atoms with Crippen LogP contribution in [0.25, 0.3) is 0 Å². The molecule has 1 N–H and O–H groups in total. The summed E-state index contributed by atoms with van der Waals surface area (Å²) in [7, 11) is -1.61. The third-order valence-electron chi connectivity index (χ3n) is 3.75. The normalized spacial score (nSPS) is 18.8. The van der Waals surface area contributed by atoms with Gasteiger partial charge in [-0.15, -0.1) is 0 Å². The molecule has 0 amide bonds. The van der Waals surface area contributed by atoms with Crippen LogP contribution in [0.4, 0.5) is 0 Å². The van der Waals surface area contributed by atoms with Gasteiger partial charge in [0.1, 0.15) is 0 Å². The van der Waals surface area contributed by atoms with Crippen molar-refractivity contribution in [2.75, 3.05) is 59.4 Å². The van der Waals surface area contributed by atoms with E-state index in [0.717, 1.165) is 39.1 Å². The maximum Gasteiger partial charge on any atom is 0.281 e. The summed E-state index contributed by atoms with van der Waals surface area (Å²) in [5, 5.41) is 3.22. The standard InChI is InChI=1S/C14H32N4O2S/c1-5-15-7-6-8-16(4)21(19,20)18-11-9-17(10-12-18)13-14(2)3/h14-15H,5-13H2,1-4H3. The van der Waals surface area contributed by atoms with E-state index < -0.39 is 10.2 Å². The van der Waals surface area contributed by atoms with E-state index in [0.29, 0.717) is 25.6 Å². The minimum absolute atomic E-state index is 0.571. The molecule has 0 aromatic rings. The molecule has 1 aliphatic rings. The lowest BCUT2D eigenvalue weighted by atomic mass is 10.2. The first-order valence-electron chi connectivity index (χ1n) is 8.02. The molecule has 0 radical (unpaired) electrons. The number of piperazine rings is 1. The first-order valence-corrected chi connectivity index (χ1v) is 9.42. The number of hydrogen-bond donors (Lipinski definition) is 1. The van der Waals surface area contributed by atoms with E-state index in [4.69, 9.17) is 0 Å². The molecule has 0 spiro atoms. The highest BCUT2D eigenvalue weighted by atomic mass is 32.2. The Morgan fingerprint density at radius 3 is 2.33 bits per heavy atom. The van der Waals surface area contributed by atoms with Crippen LogP contribution >= 0.6 is 0 Å². The summed E-state index contributed by atoms with van der Waals surface area (Å²) in [6.07, 6.45) is 0.844. The average Bonchev–Trinajstić information content (AvgIpc) is 2.43. The van der Waals surface area contributed by atoms with Gasteiger partial charge in [-0.05, 0) is 25.4 Å². The van der Waals surface area contributed by atoms with Crippen LogP contribution in [0.1, 0.15) is 27.2 Å². The lowest BCUT2D eigenvalue weighted by molar-refractivity contribution is 0.167. The molecule has 0 aliphatic carbocycles. The van der Waals surface area contributed by atoms with Gasteiger partial charge in [0.05, 0.1) is 0 Å². The second-order valence-electron chi connectivity index (χ2n) is 6.13. The quantitative estimate of drug-likeness (QED) is 0.626. The highest BCUT2D eigenvalue weighted by Gasteiger charge is 2.29. The summed E-state index contributed by atoms with van der Waals surface area (Å²) in [5.41, 5.74) is 0. The van der Waals surface area contributed by atoms with Crippen LogP contribution in [0.2, 0.25) is 0 Å². The zero-order chi connectivity index (χ0) is 15.9. The van der Waals surface area contributed by atoms with E-state index in [2.05, 4.69) is 31.0 Å². The van der Waals surface area contributed by atoms with Crippen molar-refractivity contribution in [1.29, 1.82) is 0 Å². The predicted molar refractivity (Wildman–Crippen MR) is 87.6 cm³/mol. The van der Waals surface area contributed by atoms with Gasteiger partial charge in [0, 0.05) is 46.3 Å². The lowest BCUT2D eigenvalue weighted by Crippen LogP contribution is -2.53. The number of rotatable bonds is 9. The Labute approximate surface area is 130 Å². The molecule has 0 atom stereocenters. The van der Waals surface area contributed by atoms with Crippen molar-refractivity contribution < 1.29 is 8.42 Å². The Bertz CT molecular complexity index is 378. The second kappa shape index (κ2) is 9.05. The largest absolute Gasteiger partial charge is 0.317 e. The molecule has 1 saturated heterocycles. The van der Waals surface area contributed by atoms with E-state index in [1.54, 1.807) is 11.4 Å². The van der Waals surface area contributed by atoms with Crippen molar-refractivity contribution in [2.45, 2.75) is 27.2 Å². The van der Waals surface area contributed by atoms with Crippen molar-refractivity contribution in [1.82, 2.24) is 18.8 Å². The summed E-state index contributed by atoms with van der Waals surface area (Å²) in [6, 6.07) is 0. The summed E-state index contributed by atoms with van der Waals surface area (Å²) < 4.78 is 28.1. The smallest absolute Gasteiger partial charge is 0.281 e. The van der Waals surface area contributed by atoms with Crippen LogP contribution in [0.15, 0.2) is 0 Å². The molecular weight excluding hydrogens is 288 g/mol. The molecule has 1 heterocycles. The van der Waals surface area contributed by atoms with Gasteiger partial charge in [0.25, 0.3) is 10.2 Å². The van der Waals surface area contributed by atoms with Crippen LogP contribution in [-0.4, -0.2) is 81.3 Å². The third-order valence-corrected chi connectivity index (χ3v) is 5.74. The monoisotopic (exact) mass is 320 g/mol. The fraction of sp³-hybridized carbons (Fsp3) is 1.00. The molecule has 0 aromatic carbocycles. The van der Waals surface area contributed by atoms with Crippen molar-refractivity contribution in [3.05, 3.63) is 0 Å². The number of hydrogen-bond acceptors (Lipinski definition) is 4. The fourth-order valence-corrected chi connectivity index (χ4v) is 3.95. The Morgan fingerprint density at radius 1 is 1.19 bits per heavy atom. The molecule has 1 aliphatic heterocycles. The molecule has 1 fully saturated rings. The van der Waals surface area contributed by atoms with E-state index >= 15 is 0 Å². The maximum atomic E-state index is 12.5. The Balaban J connectivity index is 2.41. The van der Waals surface area contributed by atoms with Gasteiger partial charge >= 0.3 is 0 Å². The first kappa shape index (κ1) is 18.8.